The molecule has 2 heterocycles. The highest BCUT2D eigenvalue weighted by Gasteiger charge is 2.20. The topological polar surface area (TPSA) is 73.0 Å². The van der Waals surface area contributed by atoms with Gasteiger partial charge in [0.2, 0.25) is 0 Å². The van der Waals surface area contributed by atoms with Crippen LogP contribution in [-0.4, -0.2) is 41.3 Å². The van der Waals surface area contributed by atoms with Crippen LogP contribution in [0.25, 0.3) is 21.8 Å². The fourth-order valence-corrected chi connectivity index (χ4v) is 3.37. The molecule has 8 heteroatoms. The number of halogens is 1. The van der Waals surface area contributed by atoms with Crippen molar-refractivity contribution in [3.63, 3.8) is 0 Å². The third-order valence-electron chi connectivity index (χ3n) is 3.85. The van der Waals surface area contributed by atoms with Gasteiger partial charge in [-0.15, -0.1) is 11.3 Å². The molecule has 0 saturated heterocycles. The molecule has 0 atom stereocenters. The smallest absolute Gasteiger partial charge is 0.139 e. The number of nitrogens with one attached hydrogen (secondary N) is 1. The number of thiazole rings is 1. The Morgan fingerprint density at radius 2 is 2.04 bits per heavy atom. The van der Waals surface area contributed by atoms with Gasteiger partial charge < -0.3 is 14.9 Å². The third-order valence-corrected chi connectivity index (χ3v) is 4.73. The molecule has 2 aromatic heterocycles. The van der Waals surface area contributed by atoms with Crippen LogP contribution in [0.4, 0.5) is 4.39 Å². The minimum Gasteiger partial charge on any atom is -0.382 e. The first-order valence-electron chi connectivity index (χ1n) is 8.00. The van der Waals surface area contributed by atoms with Crippen LogP contribution < -0.4 is 0 Å². The highest BCUT2D eigenvalue weighted by Crippen LogP contribution is 2.36. The summed E-state index contributed by atoms with van der Waals surface area (Å²) in [7, 11) is 1.62. The van der Waals surface area contributed by atoms with E-state index >= 15 is 0 Å². The molecular formula is C18H19FN4O2S. The van der Waals surface area contributed by atoms with Crippen LogP contribution in [0.5, 0.6) is 0 Å². The van der Waals surface area contributed by atoms with Crippen LogP contribution in [0, 0.1) is 18.2 Å². The predicted molar refractivity (Wildman–Crippen MR) is 99.2 cm³/mol. The number of hydrogen-bond donors (Lipinski definition) is 1. The van der Waals surface area contributed by atoms with Crippen LogP contribution in [0.15, 0.2) is 29.6 Å². The number of aromatic nitrogens is 3. The Morgan fingerprint density at radius 1 is 1.27 bits per heavy atom. The zero-order chi connectivity index (χ0) is 18.5. The van der Waals surface area contributed by atoms with Gasteiger partial charge in [0.05, 0.1) is 24.5 Å². The summed E-state index contributed by atoms with van der Waals surface area (Å²) < 4.78 is 25.6. The van der Waals surface area contributed by atoms with Gasteiger partial charge in [0, 0.05) is 30.0 Å². The molecule has 1 aromatic carbocycles. The molecule has 0 amide bonds. The summed E-state index contributed by atoms with van der Waals surface area (Å²) in [5.74, 6) is -0.297. The Hall–Kier alpha value is -2.42. The highest BCUT2D eigenvalue weighted by molar-refractivity contribution is 7.13. The highest BCUT2D eigenvalue weighted by atomic mass is 32.1. The second-order valence-electron chi connectivity index (χ2n) is 5.57. The Balaban J connectivity index is 2.02. The standard InChI is InChI=1S/C18H19FN4O2S/c1-12-16(18-21-15(9-20)10-26-18)17(13-3-5-14(19)6-4-13)22-23(12)11-25-8-7-24-2/h3-6,9-10,20H,7-8,11H2,1-2H3. The van der Waals surface area contributed by atoms with Gasteiger partial charge in [-0.1, -0.05) is 0 Å². The van der Waals surface area contributed by atoms with E-state index in [1.807, 2.05) is 12.3 Å². The first kappa shape index (κ1) is 18.4. The monoisotopic (exact) mass is 374 g/mol. The van der Waals surface area contributed by atoms with Crippen molar-refractivity contribution in [1.82, 2.24) is 14.8 Å². The first-order chi connectivity index (χ1) is 12.6. The van der Waals surface area contributed by atoms with Crippen molar-refractivity contribution in [2.45, 2.75) is 13.7 Å². The van der Waals surface area contributed by atoms with Crippen LogP contribution in [0.2, 0.25) is 0 Å². The van der Waals surface area contributed by atoms with Crippen molar-refractivity contribution < 1.29 is 13.9 Å². The predicted octanol–water partition coefficient (Wildman–Crippen LogP) is 3.74. The van der Waals surface area contributed by atoms with Crippen LogP contribution in [0.3, 0.4) is 0 Å². The molecule has 0 bridgehead atoms. The lowest BCUT2D eigenvalue weighted by molar-refractivity contribution is 0.0281. The van der Waals surface area contributed by atoms with Gasteiger partial charge in [-0.05, 0) is 31.2 Å². The van der Waals surface area contributed by atoms with Gasteiger partial charge in [0.25, 0.3) is 0 Å². The van der Waals surface area contributed by atoms with Crippen LogP contribution in [0.1, 0.15) is 11.4 Å². The summed E-state index contributed by atoms with van der Waals surface area (Å²) in [5, 5.41) is 14.6. The minimum atomic E-state index is -0.297. The Bertz CT molecular complexity index is 889. The van der Waals surface area contributed by atoms with E-state index in [0.717, 1.165) is 21.8 Å². The third kappa shape index (κ3) is 3.87. The van der Waals surface area contributed by atoms with Crippen molar-refractivity contribution in [3.8, 4) is 21.8 Å². The molecule has 0 aliphatic carbocycles. The molecule has 136 valence electrons. The summed E-state index contributed by atoms with van der Waals surface area (Å²) in [6.07, 6.45) is 1.21. The maximum Gasteiger partial charge on any atom is 0.139 e. The SMILES string of the molecule is COCCOCn1nc(-c2ccc(F)cc2)c(-c2nc(C=N)cs2)c1C. The summed E-state index contributed by atoms with van der Waals surface area (Å²) in [6, 6.07) is 6.21. The second kappa shape index (κ2) is 8.31. The molecule has 6 nitrogen and oxygen atoms in total. The largest absolute Gasteiger partial charge is 0.382 e. The summed E-state index contributed by atoms with van der Waals surface area (Å²) in [6.45, 7) is 3.20. The molecule has 1 N–H and O–H groups in total. The molecule has 0 fully saturated rings. The Kier molecular flexibility index (Phi) is 5.87. The van der Waals surface area contributed by atoms with Crippen molar-refractivity contribution in [2.24, 2.45) is 0 Å². The van der Waals surface area contributed by atoms with Crippen LogP contribution >= 0.6 is 11.3 Å². The number of nitrogens with zero attached hydrogens (tertiary/aromatic N) is 3. The van der Waals surface area contributed by atoms with E-state index in [1.54, 1.807) is 23.9 Å². The van der Waals surface area contributed by atoms with Gasteiger partial charge >= 0.3 is 0 Å². The summed E-state index contributed by atoms with van der Waals surface area (Å²) in [5.41, 5.74) is 3.87. The molecular weight excluding hydrogens is 355 g/mol. The quantitative estimate of drug-likeness (QED) is 0.482. The van der Waals surface area contributed by atoms with E-state index in [1.165, 1.54) is 29.7 Å². The minimum absolute atomic E-state index is 0.284. The first-order valence-corrected chi connectivity index (χ1v) is 8.88. The molecule has 3 rings (SSSR count). The maximum absolute atomic E-state index is 13.3. The van der Waals surface area contributed by atoms with E-state index in [9.17, 15) is 4.39 Å². The van der Waals surface area contributed by atoms with Crippen molar-refractivity contribution in [2.75, 3.05) is 20.3 Å². The molecule has 0 aliphatic heterocycles. The van der Waals surface area contributed by atoms with Crippen molar-refractivity contribution >= 4 is 17.6 Å². The fourth-order valence-electron chi connectivity index (χ4n) is 2.50. The van der Waals surface area contributed by atoms with E-state index in [2.05, 4.69) is 10.1 Å². The summed E-state index contributed by atoms with van der Waals surface area (Å²) >= 11 is 1.45. The average molecular weight is 374 g/mol. The molecule has 26 heavy (non-hydrogen) atoms. The van der Waals surface area contributed by atoms with E-state index < -0.39 is 0 Å². The molecule has 0 unspecified atom stereocenters. The van der Waals surface area contributed by atoms with Crippen LogP contribution in [-0.2, 0) is 16.2 Å². The van der Waals surface area contributed by atoms with E-state index in [0.29, 0.717) is 24.6 Å². The van der Waals surface area contributed by atoms with Crippen molar-refractivity contribution in [3.05, 3.63) is 46.9 Å². The number of hydrogen-bond acceptors (Lipinski definition) is 6. The fraction of sp³-hybridized carbons (Fsp3) is 0.278. The second-order valence-corrected chi connectivity index (χ2v) is 6.43. The molecule has 0 aliphatic rings. The van der Waals surface area contributed by atoms with Gasteiger partial charge in [-0.25, -0.2) is 14.1 Å². The lowest BCUT2D eigenvalue weighted by Crippen LogP contribution is -2.09. The van der Waals surface area contributed by atoms with Gasteiger partial charge in [0.15, 0.2) is 0 Å². The number of methoxy groups -OCH3 is 1. The molecule has 0 radical (unpaired) electrons. The van der Waals surface area contributed by atoms with Gasteiger partial charge in [0.1, 0.15) is 23.2 Å². The normalized spacial score (nSPS) is 11.0. The zero-order valence-corrected chi connectivity index (χ0v) is 15.3. The zero-order valence-electron chi connectivity index (χ0n) is 14.5. The molecule has 0 saturated carbocycles. The number of benzene rings is 1. The Labute approximate surface area is 154 Å². The number of rotatable bonds is 8. The molecule has 3 aromatic rings. The van der Waals surface area contributed by atoms with Crippen molar-refractivity contribution in [1.29, 1.82) is 5.41 Å². The maximum atomic E-state index is 13.3. The van der Waals surface area contributed by atoms with Gasteiger partial charge in [-0.3, -0.25) is 0 Å². The Morgan fingerprint density at radius 3 is 2.69 bits per heavy atom. The van der Waals surface area contributed by atoms with Gasteiger partial charge in [-0.2, -0.15) is 5.10 Å². The van der Waals surface area contributed by atoms with E-state index in [-0.39, 0.29) is 12.5 Å². The number of ether oxygens (including phenoxy) is 2. The lowest BCUT2D eigenvalue weighted by Gasteiger charge is -2.05. The van der Waals surface area contributed by atoms with E-state index in [4.69, 9.17) is 14.9 Å². The average Bonchev–Trinajstić information content (AvgIpc) is 3.24. The molecule has 0 spiro atoms. The summed E-state index contributed by atoms with van der Waals surface area (Å²) in [4.78, 5) is 4.47. The lowest BCUT2D eigenvalue weighted by atomic mass is 10.1.